The molecule has 0 radical (unpaired) electrons. The SMILES string of the molecule is CCCCc1cc(Sc2cc(CCCC)c(O)cc2CC)c(C)cc1O. The van der Waals surface area contributed by atoms with Crippen LogP contribution in [0.5, 0.6) is 11.5 Å². The smallest absolute Gasteiger partial charge is 0.119 e. The van der Waals surface area contributed by atoms with Crippen LogP contribution >= 0.6 is 11.8 Å². The van der Waals surface area contributed by atoms with Crippen molar-refractivity contribution in [3.8, 4) is 11.5 Å². The molecule has 0 aliphatic heterocycles. The van der Waals surface area contributed by atoms with Crippen LogP contribution in [0.25, 0.3) is 0 Å². The fourth-order valence-electron chi connectivity index (χ4n) is 3.10. The van der Waals surface area contributed by atoms with E-state index in [2.05, 4.69) is 39.8 Å². The van der Waals surface area contributed by atoms with Gasteiger partial charge in [0.1, 0.15) is 11.5 Å². The van der Waals surface area contributed by atoms with Crippen molar-refractivity contribution in [2.75, 3.05) is 0 Å². The minimum atomic E-state index is 0.408. The quantitative estimate of drug-likeness (QED) is 0.508. The molecule has 0 aliphatic rings. The van der Waals surface area contributed by atoms with Gasteiger partial charge in [-0.3, -0.25) is 0 Å². The lowest BCUT2D eigenvalue weighted by Gasteiger charge is -2.15. The molecular weight excluding hydrogens is 340 g/mol. The lowest BCUT2D eigenvalue weighted by Crippen LogP contribution is -1.94. The number of hydrogen-bond donors (Lipinski definition) is 2. The van der Waals surface area contributed by atoms with Gasteiger partial charge < -0.3 is 10.2 Å². The molecule has 0 saturated carbocycles. The van der Waals surface area contributed by atoms with Gasteiger partial charge in [0, 0.05) is 9.79 Å². The summed E-state index contributed by atoms with van der Waals surface area (Å²) in [5.74, 6) is 0.830. The zero-order valence-corrected chi connectivity index (χ0v) is 17.4. The Balaban J connectivity index is 2.37. The van der Waals surface area contributed by atoms with Gasteiger partial charge in [-0.15, -0.1) is 0 Å². The first-order valence-corrected chi connectivity index (χ1v) is 10.7. The Labute approximate surface area is 162 Å². The lowest BCUT2D eigenvalue weighted by molar-refractivity contribution is 0.465. The third-order valence-electron chi connectivity index (χ3n) is 4.84. The molecule has 2 nitrogen and oxygen atoms in total. The molecule has 2 aromatic carbocycles. The van der Waals surface area contributed by atoms with E-state index < -0.39 is 0 Å². The van der Waals surface area contributed by atoms with Crippen molar-refractivity contribution < 1.29 is 10.2 Å². The summed E-state index contributed by atoms with van der Waals surface area (Å²) in [6, 6.07) is 8.12. The average Bonchev–Trinajstić information content (AvgIpc) is 2.62. The van der Waals surface area contributed by atoms with Gasteiger partial charge in [0.2, 0.25) is 0 Å². The fourth-order valence-corrected chi connectivity index (χ4v) is 4.30. The van der Waals surface area contributed by atoms with E-state index in [0.29, 0.717) is 11.5 Å². The zero-order valence-electron chi connectivity index (χ0n) is 16.6. The average molecular weight is 373 g/mol. The molecule has 0 amide bonds. The third-order valence-corrected chi connectivity index (χ3v) is 6.10. The second-order valence-electron chi connectivity index (χ2n) is 7.00. The van der Waals surface area contributed by atoms with Crippen LogP contribution in [-0.4, -0.2) is 10.2 Å². The number of unbranched alkanes of at least 4 members (excludes halogenated alkanes) is 2. The summed E-state index contributed by atoms with van der Waals surface area (Å²) >= 11 is 1.76. The molecule has 0 heterocycles. The Kier molecular flexibility index (Phi) is 7.89. The summed E-state index contributed by atoms with van der Waals surface area (Å²) in [5, 5.41) is 20.6. The van der Waals surface area contributed by atoms with E-state index in [1.165, 1.54) is 15.4 Å². The van der Waals surface area contributed by atoms with Crippen LogP contribution < -0.4 is 0 Å². The summed E-state index contributed by atoms with van der Waals surface area (Å²) in [6.07, 6.45) is 7.13. The monoisotopic (exact) mass is 372 g/mol. The number of hydrogen-bond acceptors (Lipinski definition) is 3. The molecule has 2 rings (SSSR count). The number of phenols is 2. The first kappa shape index (κ1) is 20.7. The largest absolute Gasteiger partial charge is 0.508 e. The molecule has 0 unspecified atom stereocenters. The second-order valence-corrected chi connectivity index (χ2v) is 8.08. The molecule has 0 aromatic heterocycles. The van der Waals surface area contributed by atoms with Gasteiger partial charge in [0.25, 0.3) is 0 Å². The second kappa shape index (κ2) is 9.91. The number of aryl methyl sites for hydroxylation is 4. The zero-order chi connectivity index (χ0) is 19.1. The Hall–Kier alpha value is -1.61. The van der Waals surface area contributed by atoms with Crippen LogP contribution in [0.4, 0.5) is 0 Å². The number of benzene rings is 2. The van der Waals surface area contributed by atoms with E-state index in [0.717, 1.165) is 61.6 Å². The van der Waals surface area contributed by atoms with E-state index >= 15 is 0 Å². The molecule has 0 spiro atoms. The topological polar surface area (TPSA) is 40.5 Å². The van der Waals surface area contributed by atoms with Gasteiger partial charge in [0.15, 0.2) is 0 Å². The van der Waals surface area contributed by atoms with Crippen molar-refractivity contribution in [3.05, 3.63) is 46.5 Å². The van der Waals surface area contributed by atoms with E-state index in [1.54, 1.807) is 11.8 Å². The molecule has 0 saturated heterocycles. The van der Waals surface area contributed by atoms with Gasteiger partial charge in [0.05, 0.1) is 0 Å². The van der Waals surface area contributed by atoms with Crippen molar-refractivity contribution in [1.29, 1.82) is 0 Å². The number of aromatic hydroxyl groups is 2. The highest BCUT2D eigenvalue weighted by atomic mass is 32.2. The summed E-state index contributed by atoms with van der Waals surface area (Å²) in [5.41, 5.74) is 4.34. The molecule has 0 bridgehead atoms. The highest BCUT2D eigenvalue weighted by molar-refractivity contribution is 7.99. The molecule has 142 valence electrons. The van der Waals surface area contributed by atoms with Crippen molar-refractivity contribution in [2.24, 2.45) is 0 Å². The van der Waals surface area contributed by atoms with Crippen LogP contribution in [0, 0.1) is 6.92 Å². The maximum absolute atomic E-state index is 10.3. The normalized spacial score (nSPS) is 11.1. The predicted molar refractivity (Wildman–Crippen MR) is 112 cm³/mol. The van der Waals surface area contributed by atoms with Crippen LogP contribution in [0.3, 0.4) is 0 Å². The number of rotatable bonds is 9. The lowest BCUT2D eigenvalue weighted by atomic mass is 10.0. The Morgan fingerprint density at radius 1 is 0.731 bits per heavy atom. The molecule has 3 heteroatoms. The first-order valence-electron chi connectivity index (χ1n) is 9.85. The van der Waals surface area contributed by atoms with Gasteiger partial charge in [-0.25, -0.2) is 0 Å². The first-order chi connectivity index (χ1) is 12.5. The summed E-state index contributed by atoms with van der Waals surface area (Å²) in [6.45, 7) is 8.52. The van der Waals surface area contributed by atoms with E-state index in [4.69, 9.17) is 0 Å². The predicted octanol–water partition coefficient (Wildman–Crippen LogP) is 6.81. The maximum atomic E-state index is 10.3. The number of phenolic OH excluding ortho intramolecular Hbond substituents is 2. The summed E-state index contributed by atoms with van der Waals surface area (Å²) < 4.78 is 0. The highest BCUT2D eigenvalue weighted by Crippen LogP contribution is 2.39. The molecule has 0 atom stereocenters. The highest BCUT2D eigenvalue weighted by Gasteiger charge is 2.13. The third kappa shape index (κ3) is 5.20. The molecular formula is C23H32O2S. The fraction of sp³-hybridized carbons (Fsp3) is 0.478. The maximum Gasteiger partial charge on any atom is 0.119 e. The summed E-state index contributed by atoms with van der Waals surface area (Å²) in [7, 11) is 0. The van der Waals surface area contributed by atoms with Gasteiger partial charge in [-0.05, 0) is 85.5 Å². The van der Waals surface area contributed by atoms with Gasteiger partial charge in [-0.1, -0.05) is 45.4 Å². The molecule has 2 N–H and O–H groups in total. The minimum absolute atomic E-state index is 0.408. The van der Waals surface area contributed by atoms with Crippen LogP contribution in [0.15, 0.2) is 34.1 Å². The van der Waals surface area contributed by atoms with Crippen molar-refractivity contribution in [2.45, 2.75) is 82.4 Å². The van der Waals surface area contributed by atoms with E-state index in [9.17, 15) is 10.2 Å². The molecule has 0 aliphatic carbocycles. The van der Waals surface area contributed by atoms with Gasteiger partial charge >= 0.3 is 0 Å². The van der Waals surface area contributed by atoms with Crippen LogP contribution in [0.1, 0.15) is 68.7 Å². The Morgan fingerprint density at radius 3 is 1.81 bits per heavy atom. The standard InChI is InChI=1S/C23H32O2S/c1-5-8-10-18-14-22(16(4)12-20(18)24)26-23-15-19(11-9-6-2)21(25)13-17(23)7-3/h12-15,24-25H,5-11H2,1-4H3. The molecule has 0 fully saturated rings. The van der Waals surface area contributed by atoms with Crippen molar-refractivity contribution in [3.63, 3.8) is 0 Å². The van der Waals surface area contributed by atoms with Gasteiger partial charge in [-0.2, -0.15) is 0 Å². The minimum Gasteiger partial charge on any atom is -0.508 e. The molecule has 2 aromatic rings. The van der Waals surface area contributed by atoms with E-state index in [1.807, 2.05) is 12.1 Å². The van der Waals surface area contributed by atoms with Crippen LogP contribution in [0.2, 0.25) is 0 Å². The van der Waals surface area contributed by atoms with E-state index in [-0.39, 0.29) is 0 Å². The van der Waals surface area contributed by atoms with Crippen molar-refractivity contribution >= 4 is 11.8 Å². The Morgan fingerprint density at radius 2 is 1.27 bits per heavy atom. The molecule has 26 heavy (non-hydrogen) atoms. The Bertz CT molecular complexity index is 737. The van der Waals surface area contributed by atoms with Crippen molar-refractivity contribution in [1.82, 2.24) is 0 Å². The summed E-state index contributed by atoms with van der Waals surface area (Å²) in [4.78, 5) is 2.40. The van der Waals surface area contributed by atoms with Crippen LogP contribution in [-0.2, 0) is 19.3 Å².